The average molecular weight is 422 g/mol. The maximum atomic E-state index is 13.4. The Morgan fingerprint density at radius 2 is 1.50 bits per heavy atom. The second-order valence-electron chi connectivity index (χ2n) is 7.82. The van der Waals surface area contributed by atoms with Crippen molar-refractivity contribution in [2.75, 3.05) is 5.73 Å². The number of benzene rings is 3. The lowest BCUT2D eigenvalue weighted by Gasteiger charge is -2.14. The van der Waals surface area contributed by atoms with Crippen molar-refractivity contribution in [3.05, 3.63) is 102 Å². The van der Waals surface area contributed by atoms with Crippen LogP contribution in [0.1, 0.15) is 34.5 Å². The summed E-state index contributed by atoms with van der Waals surface area (Å²) in [5.41, 5.74) is 11.6. The molecule has 2 aromatic heterocycles. The van der Waals surface area contributed by atoms with Gasteiger partial charge in [-0.3, -0.25) is 4.79 Å². The summed E-state index contributed by atoms with van der Waals surface area (Å²) in [7, 11) is 0. The number of hydrogen-bond donors (Lipinski definition) is 2. The Kier molecular flexibility index (Phi) is 5.03. The number of amides is 1. The Balaban J connectivity index is 1.63. The molecule has 3 aromatic carbocycles. The van der Waals surface area contributed by atoms with E-state index in [1.807, 2.05) is 96.4 Å². The lowest BCUT2D eigenvalue weighted by Crippen LogP contribution is -2.27. The third-order valence-corrected chi connectivity index (χ3v) is 5.65. The number of hydrogen-bond acceptors (Lipinski definition) is 4. The molecule has 0 radical (unpaired) electrons. The molecule has 0 aliphatic heterocycles. The first-order chi connectivity index (χ1) is 15.6. The highest BCUT2D eigenvalue weighted by Crippen LogP contribution is 2.29. The molecule has 0 saturated carbocycles. The van der Waals surface area contributed by atoms with Gasteiger partial charge in [0.2, 0.25) is 0 Å². The van der Waals surface area contributed by atoms with Crippen LogP contribution in [0.4, 0.5) is 5.82 Å². The summed E-state index contributed by atoms with van der Waals surface area (Å²) < 4.78 is 1.87. The zero-order chi connectivity index (χ0) is 22.1. The van der Waals surface area contributed by atoms with E-state index < -0.39 is 0 Å². The van der Waals surface area contributed by atoms with Crippen molar-refractivity contribution in [1.82, 2.24) is 19.9 Å². The fourth-order valence-corrected chi connectivity index (χ4v) is 3.96. The van der Waals surface area contributed by atoms with Gasteiger partial charge in [0.15, 0.2) is 5.65 Å². The van der Waals surface area contributed by atoms with Gasteiger partial charge in [0.1, 0.15) is 16.9 Å². The number of nitrogens with zero attached hydrogens (tertiary/aromatic N) is 3. The van der Waals surface area contributed by atoms with Crippen LogP contribution in [0, 0.1) is 0 Å². The minimum Gasteiger partial charge on any atom is -0.384 e. The van der Waals surface area contributed by atoms with Gasteiger partial charge >= 0.3 is 0 Å². The van der Waals surface area contributed by atoms with E-state index in [2.05, 4.69) is 5.32 Å². The Bertz CT molecular complexity index is 1410. The van der Waals surface area contributed by atoms with Crippen LogP contribution in [-0.4, -0.2) is 20.4 Å². The number of carbonyl (C=O) groups is 1. The summed E-state index contributed by atoms with van der Waals surface area (Å²) in [4.78, 5) is 23.0. The fraction of sp³-hybridized carbons (Fsp3) is 0.115. The van der Waals surface area contributed by atoms with E-state index in [1.165, 1.54) is 0 Å². The molecule has 0 saturated heterocycles. The van der Waals surface area contributed by atoms with Gasteiger partial charge in [-0.05, 0) is 30.2 Å². The van der Waals surface area contributed by atoms with E-state index in [4.69, 9.17) is 15.7 Å². The first kappa shape index (κ1) is 19.8. The van der Waals surface area contributed by atoms with Crippen LogP contribution in [0.15, 0.2) is 84.9 Å². The van der Waals surface area contributed by atoms with E-state index in [9.17, 15) is 4.79 Å². The topological polar surface area (TPSA) is 85.8 Å². The Hall–Kier alpha value is -4.19. The van der Waals surface area contributed by atoms with Crippen LogP contribution >= 0.6 is 0 Å². The van der Waals surface area contributed by atoms with Crippen molar-refractivity contribution in [3.63, 3.8) is 0 Å². The van der Waals surface area contributed by atoms with Crippen LogP contribution in [-0.2, 0) is 6.54 Å². The molecule has 3 N–H and O–H groups in total. The summed E-state index contributed by atoms with van der Waals surface area (Å²) in [5.74, 6) is 0.0946. The number of nitrogens with one attached hydrogen (secondary N) is 1. The first-order valence-electron chi connectivity index (χ1n) is 10.6. The molecule has 6 heteroatoms. The quantitative estimate of drug-likeness (QED) is 0.430. The van der Waals surface area contributed by atoms with Gasteiger partial charge in [-0.15, -0.1) is 0 Å². The van der Waals surface area contributed by atoms with Crippen molar-refractivity contribution < 1.29 is 4.79 Å². The molecule has 32 heavy (non-hydrogen) atoms. The number of nitrogens with two attached hydrogens (primary N) is 1. The zero-order valence-corrected chi connectivity index (χ0v) is 17.7. The molecule has 5 aromatic rings. The summed E-state index contributed by atoms with van der Waals surface area (Å²) in [5, 5.41) is 3.07. The standard InChI is InChI=1S/C26H23N5O/c1-17(19-12-6-3-7-13-19)28-26(32)22-23-25(30-21-15-9-8-14-20(21)29-23)31(24(22)27)16-18-10-4-2-5-11-18/h2-15,17H,16,27H2,1H3,(H,28,32)/t17-/m0/s1. The highest BCUT2D eigenvalue weighted by molar-refractivity contribution is 6.10. The van der Waals surface area contributed by atoms with Crippen LogP contribution < -0.4 is 11.1 Å². The van der Waals surface area contributed by atoms with E-state index in [0.29, 0.717) is 29.1 Å². The number of para-hydroxylation sites is 2. The van der Waals surface area contributed by atoms with Gasteiger partial charge < -0.3 is 15.6 Å². The summed E-state index contributed by atoms with van der Waals surface area (Å²) in [6.07, 6.45) is 0. The number of aromatic nitrogens is 3. The Morgan fingerprint density at radius 3 is 2.19 bits per heavy atom. The Labute approximate surface area is 185 Å². The maximum Gasteiger partial charge on any atom is 0.257 e. The van der Waals surface area contributed by atoms with Gasteiger partial charge in [-0.1, -0.05) is 72.8 Å². The lowest BCUT2D eigenvalue weighted by molar-refractivity contribution is 0.0942. The van der Waals surface area contributed by atoms with E-state index in [-0.39, 0.29) is 11.9 Å². The summed E-state index contributed by atoms with van der Waals surface area (Å²) in [6.45, 7) is 2.45. The van der Waals surface area contributed by atoms with E-state index >= 15 is 0 Å². The van der Waals surface area contributed by atoms with Crippen molar-refractivity contribution in [3.8, 4) is 0 Å². The first-order valence-corrected chi connectivity index (χ1v) is 10.6. The molecule has 2 heterocycles. The second-order valence-corrected chi connectivity index (χ2v) is 7.82. The molecular formula is C26H23N5O. The predicted octanol–water partition coefficient (Wildman–Crippen LogP) is 4.71. The van der Waals surface area contributed by atoms with Gasteiger partial charge in [0, 0.05) is 0 Å². The smallest absolute Gasteiger partial charge is 0.257 e. The molecular weight excluding hydrogens is 398 g/mol. The Morgan fingerprint density at radius 1 is 0.906 bits per heavy atom. The third-order valence-electron chi connectivity index (χ3n) is 5.65. The third kappa shape index (κ3) is 3.56. The second kappa shape index (κ2) is 8.15. The monoisotopic (exact) mass is 421 g/mol. The zero-order valence-electron chi connectivity index (χ0n) is 17.7. The number of nitrogen functional groups attached to an aromatic ring is 1. The summed E-state index contributed by atoms with van der Waals surface area (Å²) in [6, 6.07) is 27.3. The summed E-state index contributed by atoms with van der Waals surface area (Å²) >= 11 is 0. The molecule has 1 atom stereocenters. The molecule has 5 rings (SSSR count). The maximum absolute atomic E-state index is 13.4. The average Bonchev–Trinajstić information content (AvgIpc) is 3.09. The van der Waals surface area contributed by atoms with Crippen LogP contribution in [0.5, 0.6) is 0 Å². The number of carbonyl (C=O) groups excluding carboxylic acids is 1. The highest BCUT2D eigenvalue weighted by atomic mass is 16.1. The SMILES string of the molecule is C[C@H](NC(=O)c1c(N)n(Cc2ccccc2)c2nc3ccccc3nc12)c1ccccc1. The van der Waals surface area contributed by atoms with Crippen molar-refractivity contribution in [1.29, 1.82) is 0 Å². The van der Waals surface area contributed by atoms with Crippen molar-refractivity contribution in [2.45, 2.75) is 19.5 Å². The largest absolute Gasteiger partial charge is 0.384 e. The molecule has 6 nitrogen and oxygen atoms in total. The molecule has 0 bridgehead atoms. The molecule has 0 aliphatic carbocycles. The fourth-order valence-electron chi connectivity index (χ4n) is 3.96. The predicted molar refractivity (Wildman–Crippen MR) is 127 cm³/mol. The van der Waals surface area contributed by atoms with Gasteiger partial charge in [-0.25, -0.2) is 9.97 Å². The van der Waals surface area contributed by atoms with Crippen LogP contribution in [0.25, 0.3) is 22.2 Å². The molecule has 1 amide bonds. The molecule has 0 aliphatic rings. The minimum atomic E-state index is -0.264. The molecule has 0 unspecified atom stereocenters. The van der Waals surface area contributed by atoms with E-state index in [1.54, 1.807) is 0 Å². The highest BCUT2D eigenvalue weighted by Gasteiger charge is 2.25. The number of fused-ring (bicyclic) bond motifs is 2. The van der Waals surface area contributed by atoms with Crippen LogP contribution in [0.3, 0.4) is 0 Å². The van der Waals surface area contributed by atoms with Crippen LogP contribution in [0.2, 0.25) is 0 Å². The van der Waals surface area contributed by atoms with Gasteiger partial charge in [-0.2, -0.15) is 0 Å². The number of rotatable bonds is 5. The normalized spacial score (nSPS) is 12.2. The molecule has 0 fully saturated rings. The number of anilines is 1. The van der Waals surface area contributed by atoms with Crippen molar-refractivity contribution in [2.24, 2.45) is 0 Å². The van der Waals surface area contributed by atoms with Crippen molar-refractivity contribution >= 4 is 33.9 Å². The van der Waals surface area contributed by atoms with Gasteiger partial charge in [0.05, 0.1) is 23.6 Å². The minimum absolute atomic E-state index is 0.177. The molecule has 158 valence electrons. The molecule has 0 spiro atoms. The lowest BCUT2D eigenvalue weighted by atomic mass is 10.1. The van der Waals surface area contributed by atoms with Gasteiger partial charge in [0.25, 0.3) is 5.91 Å². The van der Waals surface area contributed by atoms with E-state index in [0.717, 1.165) is 22.2 Å².